The number of hydrogen-bond acceptors (Lipinski definition) is 5. The van der Waals surface area contributed by atoms with E-state index >= 15 is 0 Å². The molecule has 7 heteroatoms. The first kappa shape index (κ1) is 17.2. The number of hydrogen-bond donors (Lipinski definition) is 2. The standard InChI is InChI=1S/C20H18N2O4S/c1-14-3-2-4-18(11-14)27(23,24)22-16-7-5-15(6-8-16)21-17-9-10-19-20(12-17)26-13-25-19/h2-12,21-22H,13H2,1H3. The van der Waals surface area contributed by atoms with E-state index in [1.54, 1.807) is 42.5 Å². The zero-order valence-electron chi connectivity index (χ0n) is 14.6. The van der Waals surface area contributed by atoms with Crippen LogP contribution in [0.5, 0.6) is 11.5 Å². The zero-order chi connectivity index (χ0) is 18.9. The van der Waals surface area contributed by atoms with Crippen molar-refractivity contribution in [3.63, 3.8) is 0 Å². The molecule has 0 saturated carbocycles. The van der Waals surface area contributed by atoms with E-state index in [0.717, 1.165) is 22.7 Å². The van der Waals surface area contributed by atoms with Crippen LogP contribution in [0.2, 0.25) is 0 Å². The minimum atomic E-state index is -3.62. The number of fused-ring (bicyclic) bond motifs is 1. The lowest BCUT2D eigenvalue weighted by Crippen LogP contribution is -2.13. The Bertz CT molecular complexity index is 1080. The Morgan fingerprint density at radius 2 is 1.52 bits per heavy atom. The maximum atomic E-state index is 12.5. The summed E-state index contributed by atoms with van der Waals surface area (Å²) in [6.45, 7) is 2.09. The second kappa shape index (κ2) is 6.85. The summed E-state index contributed by atoms with van der Waals surface area (Å²) < 4.78 is 38.2. The summed E-state index contributed by atoms with van der Waals surface area (Å²) in [6, 6.07) is 19.4. The van der Waals surface area contributed by atoms with Crippen molar-refractivity contribution >= 4 is 27.1 Å². The van der Waals surface area contributed by atoms with Gasteiger partial charge in [-0.25, -0.2) is 8.42 Å². The van der Waals surface area contributed by atoms with Crippen molar-refractivity contribution in [2.75, 3.05) is 16.8 Å². The Morgan fingerprint density at radius 3 is 2.30 bits per heavy atom. The molecule has 1 aliphatic heterocycles. The topological polar surface area (TPSA) is 76.7 Å². The van der Waals surface area contributed by atoms with Crippen molar-refractivity contribution in [1.82, 2.24) is 0 Å². The van der Waals surface area contributed by atoms with E-state index in [1.807, 2.05) is 31.2 Å². The molecule has 0 amide bonds. The fraction of sp³-hybridized carbons (Fsp3) is 0.100. The van der Waals surface area contributed by atoms with E-state index in [1.165, 1.54) is 0 Å². The number of anilines is 3. The second-order valence-electron chi connectivity index (χ2n) is 6.19. The third-order valence-corrected chi connectivity index (χ3v) is 5.48. The molecule has 0 radical (unpaired) electrons. The van der Waals surface area contributed by atoms with Crippen LogP contribution in [0.4, 0.5) is 17.1 Å². The molecule has 0 aliphatic carbocycles. The molecule has 0 aromatic heterocycles. The summed E-state index contributed by atoms with van der Waals surface area (Å²) in [5.41, 5.74) is 3.06. The molecule has 27 heavy (non-hydrogen) atoms. The van der Waals surface area contributed by atoms with Gasteiger partial charge in [0.2, 0.25) is 6.79 Å². The van der Waals surface area contributed by atoms with Crippen LogP contribution in [0.25, 0.3) is 0 Å². The Hall–Kier alpha value is -3.19. The minimum Gasteiger partial charge on any atom is -0.454 e. The highest BCUT2D eigenvalue weighted by atomic mass is 32.2. The van der Waals surface area contributed by atoms with E-state index in [4.69, 9.17) is 9.47 Å². The molecule has 1 heterocycles. The fourth-order valence-corrected chi connectivity index (χ4v) is 3.92. The lowest BCUT2D eigenvalue weighted by molar-refractivity contribution is 0.174. The quantitative estimate of drug-likeness (QED) is 0.689. The van der Waals surface area contributed by atoms with E-state index in [2.05, 4.69) is 10.0 Å². The Kier molecular flexibility index (Phi) is 4.37. The lowest BCUT2D eigenvalue weighted by Gasteiger charge is -2.11. The average molecular weight is 382 g/mol. The van der Waals surface area contributed by atoms with Crippen LogP contribution in [0.3, 0.4) is 0 Å². The van der Waals surface area contributed by atoms with Gasteiger partial charge in [0.1, 0.15) is 0 Å². The van der Waals surface area contributed by atoms with Crippen molar-refractivity contribution in [3.05, 3.63) is 72.3 Å². The molecule has 4 rings (SSSR count). The maximum Gasteiger partial charge on any atom is 0.261 e. The molecule has 0 spiro atoms. The normalized spacial score (nSPS) is 12.6. The van der Waals surface area contributed by atoms with Crippen molar-refractivity contribution in [2.45, 2.75) is 11.8 Å². The van der Waals surface area contributed by atoms with E-state index in [0.29, 0.717) is 11.4 Å². The molecule has 3 aromatic rings. The van der Waals surface area contributed by atoms with Gasteiger partial charge < -0.3 is 14.8 Å². The van der Waals surface area contributed by atoms with Crippen LogP contribution in [0.15, 0.2) is 71.6 Å². The van der Waals surface area contributed by atoms with Gasteiger partial charge in [-0.2, -0.15) is 0 Å². The molecule has 0 bridgehead atoms. The maximum absolute atomic E-state index is 12.5. The van der Waals surface area contributed by atoms with Crippen molar-refractivity contribution in [3.8, 4) is 11.5 Å². The molecule has 0 atom stereocenters. The van der Waals surface area contributed by atoms with Crippen molar-refractivity contribution < 1.29 is 17.9 Å². The highest BCUT2D eigenvalue weighted by molar-refractivity contribution is 7.92. The second-order valence-corrected chi connectivity index (χ2v) is 7.87. The van der Waals surface area contributed by atoms with Gasteiger partial charge in [0, 0.05) is 23.1 Å². The molecule has 2 N–H and O–H groups in total. The predicted molar refractivity (Wildman–Crippen MR) is 104 cm³/mol. The summed E-state index contributed by atoms with van der Waals surface area (Å²) >= 11 is 0. The van der Waals surface area contributed by atoms with E-state index < -0.39 is 10.0 Å². The molecule has 3 aromatic carbocycles. The van der Waals surface area contributed by atoms with Gasteiger partial charge in [-0.05, 0) is 61.0 Å². The Morgan fingerprint density at radius 1 is 0.815 bits per heavy atom. The number of ether oxygens (including phenoxy) is 2. The molecular formula is C20H18N2O4S. The van der Waals surface area contributed by atoms with Crippen molar-refractivity contribution in [2.24, 2.45) is 0 Å². The fourth-order valence-electron chi connectivity index (χ4n) is 2.76. The van der Waals surface area contributed by atoms with Gasteiger partial charge in [0.05, 0.1) is 4.90 Å². The number of benzene rings is 3. The van der Waals surface area contributed by atoms with Gasteiger partial charge >= 0.3 is 0 Å². The first-order chi connectivity index (χ1) is 13.0. The molecule has 1 aliphatic rings. The van der Waals surface area contributed by atoms with Crippen LogP contribution < -0.4 is 19.5 Å². The SMILES string of the molecule is Cc1cccc(S(=O)(=O)Nc2ccc(Nc3ccc4c(c3)OCO4)cc2)c1. The summed E-state index contributed by atoms with van der Waals surface area (Å²) in [5, 5.41) is 3.25. The van der Waals surface area contributed by atoms with Crippen LogP contribution in [-0.2, 0) is 10.0 Å². The Labute approximate surface area is 157 Å². The average Bonchev–Trinajstić information content (AvgIpc) is 3.11. The van der Waals surface area contributed by atoms with Crippen LogP contribution in [0.1, 0.15) is 5.56 Å². The summed E-state index contributed by atoms with van der Waals surface area (Å²) in [7, 11) is -3.62. The summed E-state index contributed by atoms with van der Waals surface area (Å²) in [4.78, 5) is 0.241. The number of rotatable bonds is 5. The van der Waals surface area contributed by atoms with Gasteiger partial charge in [-0.15, -0.1) is 0 Å². The van der Waals surface area contributed by atoms with Gasteiger partial charge in [-0.3, -0.25) is 4.72 Å². The van der Waals surface area contributed by atoms with E-state index in [9.17, 15) is 8.42 Å². The first-order valence-corrected chi connectivity index (χ1v) is 9.84. The largest absolute Gasteiger partial charge is 0.454 e. The summed E-state index contributed by atoms with van der Waals surface area (Å²) in [5.74, 6) is 1.42. The summed E-state index contributed by atoms with van der Waals surface area (Å²) in [6.07, 6.45) is 0. The number of aryl methyl sites for hydroxylation is 1. The molecule has 6 nitrogen and oxygen atoms in total. The monoisotopic (exact) mass is 382 g/mol. The number of nitrogens with one attached hydrogen (secondary N) is 2. The smallest absolute Gasteiger partial charge is 0.261 e. The van der Waals surface area contributed by atoms with Crippen LogP contribution in [-0.4, -0.2) is 15.2 Å². The van der Waals surface area contributed by atoms with Gasteiger partial charge in [0.25, 0.3) is 10.0 Å². The number of sulfonamides is 1. The van der Waals surface area contributed by atoms with Gasteiger partial charge in [0.15, 0.2) is 11.5 Å². The third-order valence-electron chi connectivity index (χ3n) is 4.10. The Balaban J connectivity index is 1.47. The van der Waals surface area contributed by atoms with Crippen LogP contribution >= 0.6 is 0 Å². The zero-order valence-corrected chi connectivity index (χ0v) is 15.4. The molecule has 0 saturated heterocycles. The first-order valence-electron chi connectivity index (χ1n) is 8.36. The third kappa shape index (κ3) is 3.83. The van der Waals surface area contributed by atoms with Crippen molar-refractivity contribution in [1.29, 1.82) is 0 Å². The van der Waals surface area contributed by atoms with E-state index in [-0.39, 0.29) is 11.7 Å². The molecule has 0 unspecified atom stereocenters. The molecular weight excluding hydrogens is 364 g/mol. The van der Waals surface area contributed by atoms with Gasteiger partial charge in [-0.1, -0.05) is 12.1 Å². The highest BCUT2D eigenvalue weighted by Gasteiger charge is 2.15. The van der Waals surface area contributed by atoms with Crippen LogP contribution in [0, 0.1) is 6.92 Å². The minimum absolute atomic E-state index is 0.231. The lowest BCUT2D eigenvalue weighted by atomic mass is 10.2. The predicted octanol–water partition coefficient (Wildman–Crippen LogP) is 4.27. The highest BCUT2D eigenvalue weighted by Crippen LogP contribution is 2.35. The molecule has 0 fully saturated rings. The molecule has 138 valence electrons.